The van der Waals surface area contributed by atoms with Crippen molar-refractivity contribution in [1.82, 2.24) is 0 Å². The molecule has 1 unspecified atom stereocenters. The van der Waals surface area contributed by atoms with E-state index in [4.69, 9.17) is 23.2 Å². The predicted molar refractivity (Wildman–Crippen MR) is 53.5 cm³/mol. The first-order chi connectivity index (χ1) is 5.75. The van der Waals surface area contributed by atoms with Crippen molar-refractivity contribution in [1.29, 1.82) is 0 Å². The molecule has 0 amide bonds. The van der Waals surface area contributed by atoms with Crippen LogP contribution < -0.4 is 0 Å². The van der Waals surface area contributed by atoms with Gasteiger partial charge in [0.25, 0.3) is 0 Å². The van der Waals surface area contributed by atoms with Crippen LogP contribution in [0.15, 0.2) is 47.7 Å². The van der Waals surface area contributed by atoms with Crippen LogP contribution in [0.4, 0.5) is 0 Å². The number of benzene rings is 1. The molecule has 2 heteroatoms. The van der Waals surface area contributed by atoms with E-state index in [1.165, 1.54) is 0 Å². The van der Waals surface area contributed by atoms with Crippen molar-refractivity contribution in [3.63, 3.8) is 0 Å². The Labute approximate surface area is 82.1 Å². The van der Waals surface area contributed by atoms with E-state index in [0.717, 1.165) is 5.56 Å². The number of allylic oxidation sites excluding steroid dienone is 1. The van der Waals surface area contributed by atoms with Crippen molar-refractivity contribution < 1.29 is 0 Å². The third-order valence-electron chi connectivity index (χ3n) is 1.48. The number of halogens is 2. The molecule has 62 valence electrons. The molecular formula is C10H8Cl2. The van der Waals surface area contributed by atoms with Gasteiger partial charge >= 0.3 is 0 Å². The van der Waals surface area contributed by atoms with Crippen LogP contribution in [0.25, 0.3) is 0 Å². The Kier molecular flexibility index (Phi) is 3.43. The lowest BCUT2D eigenvalue weighted by molar-refractivity contribution is 1.19. The molecule has 0 bridgehead atoms. The summed E-state index contributed by atoms with van der Waals surface area (Å²) < 4.78 is 0. The zero-order valence-corrected chi connectivity index (χ0v) is 7.94. The summed E-state index contributed by atoms with van der Waals surface area (Å²) in [5.41, 5.74) is 3.52. The number of hydrogen-bond acceptors (Lipinski definition) is 0. The van der Waals surface area contributed by atoms with Crippen molar-refractivity contribution in [3.8, 4) is 0 Å². The highest BCUT2D eigenvalue weighted by atomic mass is 35.5. The van der Waals surface area contributed by atoms with Crippen molar-refractivity contribution in [2.75, 3.05) is 0 Å². The fourth-order valence-electron chi connectivity index (χ4n) is 0.858. The maximum atomic E-state index is 5.99. The summed E-state index contributed by atoms with van der Waals surface area (Å²) in [5, 5.41) is 0.105. The van der Waals surface area contributed by atoms with E-state index < -0.39 is 0 Å². The van der Waals surface area contributed by atoms with E-state index in [-0.39, 0.29) is 5.38 Å². The summed E-state index contributed by atoms with van der Waals surface area (Å²) in [6, 6.07) is 9.59. The summed E-state index contributed by atoms with van der Waals surface area (Å²) in [6.45, 7) is 3.43. The van der Waals surface area contributed by atoms with Crippen LogP contribution in [0.1, 0.15) is 10.9 Å². The van der Waals surface area contributed by atoms with Crippen LogP contribution in [0.5, 0.6) is 0 Å². The van der Waals surface area contributed by atoms with Crippen LogP contribution >= 0.6 is 23.2 Å². The van der Waals surface area contributed by atoms with Crippen LogP contribution in [0.2, 0.25) is 0 Å². The maximum Gasteiger partial charge on any atom is 0.101 e. The molecule has 0 radical (unpaired) electrons. The summed E-state index contributed by atoms with van der Waals surface area (Å²) in [6.07, 6.45) is 0. The first-order valence-electron chi connectivity index (χ1n) is 3.50. The molecule has 1 rings (SSSR count). The third-order valence-corrected chi connectivity index (χ3v) is 2.42. The standard InChI is InChI=1S/C10H8Cl2/c1-2-9(11)10(12)8-6-4-3-5-7-8/h3-7,10H,1H2. The van der Waals surface area contributed by atoms with Gasteiger partial charge in [-0.25, -0.2) is 0 Å². The average Bonchev–Trinajstić information content (AvgIpc) is 2.17. The second kappa shape index (κ2) is 4.37. The molecule has 0 aliphatic rings. The lowest BCUT2D eigenvalue weighted by atomic mass is 10.1. The lowest BCUT2D eigenvalue weighted by Crippen LogP contribution is -1.87. The van der Waals surface area contributed by atoms with E-state index in [2.05, 4.69) is 12.3 Å². The van der Waals surface area contributed by atoms with Gasteiger partial charge < -0.3 is 0 Å². The molecule has 0 aliphatic carbocycles. The molecule has 0 fully saturated rings. The normalized spacial score (nSPS) is 11.8. The van der Waals surface area contributed by atoms with E-state index in [1.807, 2.05) is 30.3 Å². The van der Waals surface area contributed by atoms with Crippen LogP contribution in [-0.2, 0) is 0 Å². The monoisotopic (exact) mass is 198 g/mol. The summed E-state index contributed by atoms with van der Waals surface area (Å²) in [4.78, 5) is 0. The van der Waals surface area contributed by atoms with E-state index in [9.17, 15) is 0 Å². The molecule has 0 N–H and O–H groups in total. The Balaban J connectivity index is 2.93. The van der Waals surface area contributed by atoms with Gasteiger partial charge in [-0.2, -0.15) is 0 Å². The molecule has 0 nitrogen and oxygen atoms in total. The molecule has 0 saturated carbocycles. The van der Waals surface area contributed by atoms with Gasteiger partial charge in [-0.05, 0) is 5.56 Å². The van der Waals surface area contributed by atoms with Gasteiger partial charge in [0, 0.05) is 0 Å². The highest BCUT2D eigenvalue weighted by molar-refractivity contribution is 6.37. The van der Waals surface area contributed by atoms with Crippen LogP contribution in [-0.4, -0.2) is 0 Å². The Hall–Kier alpha value is -0.680. The van der Waals surface area contributed by atoms with Gasteiger partial charge in [0.1, 0.15) is 5.38 Å². The number of alkyl halides is 1. The second-order valence-electron chi connectivity index (χ2n) is 2.30. The molecule has 0 spiro atoms. The second-order valence-corrected chi connectivity index (χ2v) is 3.14. The van der Waals surface area contributed by atoms with Gasteiger partial charge in [-0.3, -0.25) is 0 Å². The van der Waals surface area contributed by atoms with Crippen molar-refractivity contribution in [2.45, 2.75) is 5.38 Å². The molecule has 0 aromatic heterocycles. The Morgan fingerprint density at radius 1 is 1.33 bits per heavy atom. The van der Waals surface area contributed by atoms with Gasteiger partial charge in [0.2, 0.25) is 0 Å². The van der Waals surface area contributed by atoms with Crippen molar-refractivity contribution in [2.24, 2.45) is 0 Å². The zero-order valence-electron chi connectivity index (χ0n) is 6.43. The molecular weight excluding hydrogens is 191 g/mol. The minimum atomic E-state index is -0.328. The molecule has 0 heterocycles. The van der Waals surface area contributed by atoms with Crippen molar-refractivity contribution in [3.05, 3.63) is 53.2 Å². The largest absolute Gasteiger partial charge is 0.111 e. The van der Waals surface area contributed by atoms with E-state index in [1.54, 1.807) is 0 Å². The topological polar surface area (TPSA) is 0 Å². The van der Waals surface area contributed by atoms with Crippen LogP contribution in [0.3, 0.4) is 0 Å². The molecule has 0 aliphatic heterocycles. The SMILES string of the molecule is C=C=C(Cl)C(Cl)c1ccccc1. The fourth-order valence-corrected chi connectivity index (χ4v) is 1.21. The average molecular weight is 199 g/mol. The first kappa shape index (κ1) is 9.41. The quantitative estimate of drug-likeness (QED) is 0.500. The summed E-state index contributed by atoms with van der Waals surface area (Å²) in [7, 11) is 0. The van der Waals surface area contributed by atoms with E-state index in [0.29, 0.717) is 5.03 Å². The Morgan fingerprint density at radius 3 is 2.42 bits per heavy atom. The molecule has 1 aromatic carbocycles. The van der Waals surface area contributed by atoms with Gasteiger partial charge in [0.15, 0.2) is 0 Å². The zero-order chi connectivity index (χ0) is 8.97. The van der Waals surface area contributed by atoms with Gasteiger partial charge in [-0.1, -0.05) is 48.5 Å². The maximum absolute atomic E-state index is 5.99. The Bertz CT molecular complexity index is 297. The fraction of sp³-hybridized carbons (Fsp3) is 0.100. The predicted octanol–water partition coefficient (Wildman–Crippen LogP) is 3.87. The highest BCUT2D eigenvalue weighted by Gasteiger charge is 2.09. The van der Waals surface area contributed by atoms with E-state index >= 15 is 0 Å². The molecule has 0 saturated heterocycles. The van der Waals surface area contributed by atoms with Crippen molar-refractivity contribution >= 4 is 23.2 Å². The molecule has 1 atom stereocenters. The highest BCUT2D eigenvalue weighted by Crippen LogP contribution is 2.29. The molecule has 12 heavy (non-hydrogen) atoms. The number of hydrogen-bond donors (Lipinski definition) is 0. The van der Waals surface area contributed by atoms with Crippen LogP contribution in [0, 0.1) is 0 Å². The minimum absolute atomic E-state index is 0.328. The lowest BCUT2D eigenvalue weighted by Gasteiger charge is -2.05. The minimum Gasteiger partial charge on any atom is -0.111 e. The van der Waals surface area contributed by atoms with Gasteiger partial charge in [0.05, 0.1) is 5.03 Å². The Morgan fingerprint density at radius 2 is 1.92 bits per heavy atom. The summed E-state index contributed by atoms with van der Waals surface area (Å²) in [5.74, 6) is 0. The summed E-state index contributed by atoms with van der Waals surface area (Å²) >= 11 is 11.7. The number of rotatable bonds is 2. The first-order valence-corrected chi connectivity index (χ1v) is 4.31. The smallest absolute Gasteiger partial charge is 0.101 e. The third kappa shape index (κ3) is 2.15. The molecule has 1 aromatic rings. The van der Waals surface area contributed by atoms with Gasteiger partial charge in [-0.15, -0.1) is 17.3 Å².